The van der Waals surface area contributed by atoms with Crippen molar-refractivity contribution < 1.29 is 29.0 Å². The average Bonchev–Trinajstić information content (AvgIpc) is 3.27. The fourth-order valence-electron chi connectivity index (χ4n) is 7.39. The average molecular weight is 873 g/mol. The molecule has 0 unspecified atom stereocenters. The third kappa shape index (κ3) is 32.2. The molecule has 0 aliphatic heterocycles. The Hall–Kier alpha value is -4.20. The molecule has 1 rings (SSSR count). The molecule has 2 amide bonds. The Morgan fingerprint density at radius 2 is 1.02 bits per heavy atom. The van der Waals surface area contributed by atoms with E-state index in [-0.39, 0.29) is 48.5 Å². The summed E-state index contributed by atoms with van der Waals surface area (Å²) in [6.07, 6.45) is 48.8. The van der Waals surface area contributed by atoms with Gasteiger partial charge in [0, 0.05) is 30.7 Å². The summed E-state index contributed by atoms with van der Waals surface area (Å²) < 4.78 is 6.13. The van der Waals surface area contributed by atoms with Crippen LogP contribution < -0.4 is 10.6 Å². The number of carbonyl (C=O) groups is 4. The van der Waals surface area contributed by atoms with Crippen molar-refractivity contribution in [2.24, 2.45) is 0 Å². The molecule has 0 saturated carbocycles. The van der Waals surface area contributed by atoms with E-state index in [1.165, 1.54) is 110 Å². The van der Waals surface area contributed by atoms with E-state index in [0.717, 1.165) is 69.8 Å². The number of esters is 1. The smallest absolute Gasteiger partial charge is 0.338 e. The van der Waals surface area contributed by atoms with Crippen molar-refractivity contribution in [3.63, 3.8) is 0 Å². The Labute approximate surface area is 384 Å². The molecule has 0 aliphatic carbocycles. The second kappa shape index (κ2) is 40.6. The van der Waals surface area contributed by atoms with Gasteiger partial charge < -0.3 is 20.5 Å². The first-order valence-corrected chi connectivity index (χ1v) is 25.1. The highest BCUT2D eigenvalue weighted by Gasteiger charge is 2.19. The number of hydrogen-bond donors (Lipinski definition) is 3. The van der Waals surface area contributed by atoms with Crippen LogP contribution in [0.3, 0.4) is 0 Å². The molecule has 1 aromatic rings. The van der Waals surface area contributed by atoms with E-state index in [1.807, 2.05) is 0 Å². The van der Waals surface area contributed by atoms with E-state index in [9.17, 15) is 24.3 Å². The highest BCUT2D eigenvalue weighted by atomic mass is 16.5. The molecule has 0 heterocycles. The van der Waals surface area contributed by atoms with Crippen molar-refractivity contribution >= 4 is 23.8 Å². The first kappa shape index (κ1) is 56.8. The van der Waals surface area contributed by atoms with Gasteiger partial charge in [-0.25, -0.2) is 9.59 Å². The largest absolute Gasteiger partial charge is 0.478 e. The Bertz CT molecular complexity index is 1460. The molecule has 0 aromatic heterocycles. The van der Waals surface area contributed by atoms with Crippen LogP contribution in [-0.4, -0.2) is 41.5 Å². The molecule has 0 atom stereocenters. The Kier molecular flexibility index (Phi) is 36.6. The van der Waals surface area contributed by atoms with Crippen LogP contribution in [0.5, 0.6) is 0 Å². The molecule has 0 saturated heterocycles. The predicted molar refractivity (Wildman–Crippen MR) is 264 cm³/mol. The van der Waals surface area contributed by atoms with Gasteiger partial charge in [0.15, 0.2) is 0 Å². The van der Waals surface area contributed by atoms with Crippen molar-refractivity contribution in [3.8, 4) is 0 Å². The number of amides is 2. The van der Waals surface area contributed by atoms with Gasteiger partial charge in [-0.3, -0.25) is 9.59 Å². The lowest BCUT2D eigenvalue weighted by Gasteiger charge is -2.18. The molecule has 354 valence electrons. The Morgan fingerprint density at radius 1 is 0.571 bits per heavy atom. The van der Waals surface area contributed by atoms with E-state index in [1.54, 1.807) is 31.2 Å². The monoisotopic (exact) mass is 873 g/mol. The van der Waals surface area contributed by atoms with Crippen molar-refractivity contribution in [1.29, 1.82) is 0 Å². The van der Waals surface area contributed by atoms with E-state index < -0.39 is 11.9 Å². The molecule has 63 heavy (non-hydrogen) atoms. The zero-order chi connectivity index (χ0) is 46.0. The lowest BCUT2D eigenvalue weighted by atomic mass is 10.0. The van der Waals surface area contributed by atoms with Gasteiger partial charge in [0.25, 0.3) is 0 Å². The summed E-state index contributed by atoms with van der Waals surface area (Å²) in [6, 6.07) is 7.01. The molecule has 1 aromatic carbocycles. The minimum atomic E-state index is -1.22. The lowest BCUT2D eigenvalue weighted by molar-refractivity contribution is -0.133. The van der Waals surface area contributed by atoms with Crippen molar-refractivity contribution in [1.82, 2.24) is 10.6 Å². The first-order valence-electron chi connectivity index (χ1n) is 25.1. The molecule has 3 N–H and O–H groups in total. The van der Waals surface area contributed by atoms with Gasteiger partial charge in [-0.2, -0.15) is 0 Å². The van der Waals surface area contributed by atoms with E-state index in [2.05, 4.69) is 73.1 Å². The highest BCUT2D eigenvalue weighted by molar-refractivity contribution is 6.02. The molecule has 0 fully saturated rings. The Balaban J connectivity index is 2.59. The zero-order valence-corrected chi connectivity index (χ0v) is 40.2. The van der Waals surface area contributed by atoms with Crippen molar-refractivity contribution in [2.75, 3.05) is 6.54 Å². The van der Waals surface area contributed by atoms with Gasteiger partial charge in [-0.1, -0.05) is 152 Å². The van der Waals surface area contributed by atoms with E-state index >= 15 is 0 Å². The van der Waals surface area contributed by atoms with Gasteiger partial charge >= 0.3 is 11.9 Å². The number of carboxylic acids is 1. The predicted octanol–water partition coefficient (Wildman–Crippen LogP) is 14.6. The van der Waals surface area contributed by atoms with Crippen LogP contribution in [0.4, 0.5) is 0 Å². The second-order valence-electron chi connectivity index (χ2n) is 17.0. The molecule has 0 bridgehead atoms. The molecule has 8 nitrogen and oxygen atoms in total. The fourth-order valence-corrected chi connectivity index (χ4v) is 7.39. The van der Waals surface area contributed by atoms with Gasteiger partial charge in [-0.05, 0) is 128 Å². The number of benzene rings is 1. The minimum Gasteiger partial charge on any atom is -0.478 e. The van der Waals surface area contributed by atoms with Crippen LogP contribution in [0.2, 0.25) is 0 Å². The third-order valence-electron chi connectivity index (χ3n) is 11.4. The normalized spacial score (nSPS) is 12.3. The van der Waals surface area contributed by atoms with Gasteiger partial charge in [-0.15, -0.1) is 0 Å². The van der Waals surface area contributed by atoms with E-state index in [0.29, 0.717) is 12.1 Å². The maximum atomic E-state index is 13.4. The summed E-state index contributed by atoms with van der Waals surface area (Å²) in [5.74, 6) is -2.32. The van der Waals surface area contributed by atoms with Crippen LogP contribution in [-0.2, 0) is 25.7 Å². The van der Waals surface area contributed by atoms with Crippen molar-refractivity contribution in [3.05, 3.63) is 95.1 Å². The number of nitrogens with one attached hydrogen (secondary N) is 2. The number of hydrogen-bond acceptors (Lipinski definition) is 5. The zero-order valence-electron chi connectivity index (χ0n) is 40.2. The summed E-state index contributed by atoms with van der Waals surface area (Å²) in [5.41, 5.74) is 1.22. The standard InChI is InChI=1S/C55H88N2O6/c1-5-8-10-12-14-16-18-20-22-24-26-28-30-32-34-36-38-50(39-37-35-33-31-29-27-25-23-21-19-17-15-13-11-9-6-2)63-55(62)49-42-40-48(41-43-49)46-57-53(59)47(4)51(54(60)61)44-45-52(58)56-7-3/h14-17,20-23,40-43,50H,5-13,18-19,24-39,44-46H2,1-4H3,(H,56,58)(H,57,59)(H,60,61)/b16-14-,17-15-,22-20-,23-21-,51-47-. The topological polar surface area (TPSA) is 122 Å². The quantitative estimate of drug-likeness (QED) is 0.0261. The number of rotatable bonds is 40. The maximum absolute atomic E-state index is 13.4. The molecular formula is C55H88N2O6. The second-order valence-corrected chi connectivity index (χ2v) is 17.0. The van der Waals surface area contributed by atoms with E-state index in [4.69, 9.17) is 4.74 Å². The third-order valence-corrected chi connectivity index (χ3v) is 11.4. The molecule has 0 aliphatic rings. The fraction of sp³-hybridized carbons (Fsp3) is 0.636. The summed E-state index contributed by atoms with van der Waals surface area (Å²) in [5, 5.41) is 15.1. The maximum Gasteiger partial charge on any atom is 0.338 e. The summed E-state index contributed by atoms with van der Waals surface area (Å²) in [4.78, 5) is 49.9. The summed E-state index contributed by atoms with van der Waals surface area (Å²) in [7, 11) is 0. The van der Waals surface area contributed by atoms with Crippen LogP contribution in [0.15, 0.2) is 84.0 Å². The number of unbranched alkanes of at least 4 members (excludes halogenated alkanes) is 18. The number of allylic oxidation sites excluding steroid dienone is 8. The number of aliphatic carboxylic acids is 1. The number of ether oxygens (including phenoxy) is 1. The molecule has 0 radical (unpaired) electrons. The molecule has 8 heteroatoms. The van der Waals surface area contributed by atoms with Gasteiger partial charge in [0.05, 0.1) is 5.56 Å². The molecule has 0 spiro atoms. The lowest BCUT2D eigenvalue weighted by Crippen LogP contribution is -2.26. The number of carbonyl (C=O) groups excluding carboxylic acids is 3. The number of carboxylic acid groups (broad SMARTS) is 1. The first-order chi connectivity index (χ1) is 30.7. The summed E-state index contributed by atoms with van der Waals surface area (Å²) in [6.45, 7) is 8.35. The van der Waals surface area contributed by atoms with Gasteiger partial charge in [0.1, 0.15) is 6.10 Å². The van der Waals surface area contributed by atoms with Crippen LogP contribution in [0, 0.1) is 0 Å². The SMILES string of the molecule is CCCCC/C=C\C/C=C\CCCCCCCCC(CCCCCCCC/C=C\C/C=C\CCCCC)OC(=O)c1ccc(CNC(=O)/C(C)=C(/CCC(=O)NCC)C(=O)O)cc1. The van der Waals surface area contributed by atoms with Crippen molar-refractivity contribution in [2.45, 2.75) is 220 Å². The highest BCUT2D eigenvalue weighted by Crippen LogP contribution is 2.20. The minimum absolute atomic E-state index is 0.00893. The van der Waals surface area contributed by atoms with Crippen LogP contribution >= 0.6 is 0 Å². The summed E-state index contributed by atoms with van der Waals surface area (Å²) >= 11 is 0. The van der Waals surface area contributed by atoms with Gasteiger partial charge in [0.2, 0.25) is 11.8 Å². The molecular weight excluding hydrogens is 785 g/mol. The van der Waals surface area contributed by atoms with Crippen LogP contribution in [0.1, 0.15) is 223 Å². The van der Waals surface area contributed by atoms with Crippen LogP contribution in [0.25, 0.3) is 0 Å². The Morgan fingerprint density at radius 3 is 1.46 bits per heavy atom.